The molecule has 0 bridgehead atoms. The van der Waals surface area contributed by atoms with Gasteiger partial charge < -0.3 is 4.74 Å². The van der Waals surface area contributed by atoms with Crippen LogP contribution in [0.3, 0.4) is 0 Å². The molecule has 2 rings (SSSR count). The standard InChI is InChI=1S/C16H15BrN2O2S/c1-21-15-8-7-13(17)9-12(15)10-18-19-16(20)11-22-14-5-3-2-4-6-14/h2-10H,11H2,1H3,(H,19,20)/b18-10+. The topological polar surface area (TPSA) is 50.7 Å². The Balaban J connectivity index is 1.87. The molecule has 0 aliphatic heterocycles. The van der Waals surface area contributed by atoms with E-state index in [1.165, 1.54) is 11.8 Å². The lowest BCUT2D eigenvalue weighted by molar-refractivity contribution is -0.118. The zero-order chi connectivity index (χ0) is 15.8. The minimum atomic E-state index is -0.154. The van der Waals surface area contributed by atoms with Crippen molar-refractivity contribution < 1.29 is 9.53 Å². The minimum absolute atomic E-state index is 0.154. The molecule has 2 aromatic carbocycles. The van der Waals surface area contributed by atoms with Gasteiger partial charge in [0.2, 0.25) is 5.91 Å². The van der Waals surface area contributed by atoms with E-state index in [1.54, 1.807) is 13.3 Å². The summed E-state index contributed by atoms with van der Waals surface area (Å²) in [4.78, 5) is 12.8. The summed E-state index contributed by atoms with van der Waals surface area (Å²) in [5.41, 5.74) is 3.30. The zero-order valence-corrected chi connectivity index (χ0v) is 14.4. The van der Waals surface area contributed by atoms with Gasteiger partial charge in [-0.05, 0) is 30.3 Å². The maximum absolute atomic E-state index is 11.7. The van der Waals surface area contributed by atoms with Gasteiger partial charge in [0.1, 0.15) is 5.75 Å². The molecule has 0 aromatic heterocycles. The average Bonchev–Trinajstić information content (AvgIpc) is 2.54. The Kier molecular flexibility index (Phi) is 6.48. The molecule has 0 unspecified atom stereocenters. The van der Waals surface area contributed by atoms with Crippen molar-refractivity contribution in [2.24, 2.45) is 5.10 Å². The van der Waals surface area contributed by atoms with Gasteiger partial charge >= 0.3 is 0 Å². The third-order valence-corrected chi connectivity index (χ3v) is 4.20. The number of benzene rings is 2. The molecule has 1 N–H and O–H groups in total. The van der Waals surface area contributed by atoms with Crippen LogP contribution in [0.1, 0.15) is 5.56 Å². The van der Waals surface area contributed by atoms with Crippen LogP contribution in [0.15, 0.2) is 63.0 Å². The molecule has 4 nitrogen and oxygen atoms in total. The minimum Gasteiger partial charge on any atom is -0.496 e. The number of amides is 1. The molecule has 0 atom stereocenters. The Morgan fingerprint density at radius 3 is 2.82 bits per heavy atom. The Labute approximate surface area is 142 Å². The van der Waals surface area contributed by atoms with Crippen molar-refractivity contribution in [1.29, 1.82) is 0 Å². The number of methoxy groups -OCH3 is 1. The molecule has 22 heavy (non-hydrogen) atoms. The lowest BCUT2D eigenvalue weighted by Gasteiger charge is -2.04. The molecule has 0 radical (unpaired) electrons. The maximum Gasteiger partial charge on any atom is 0.250 e. The van der Waals surface area contributed by atoms with Crippen molar-refractivity contribution in [2.45, 2.75) is 4.90 Å². The first-order valence-corrected chi connectivity index (χ1v) is 8.30. The molecule has 0 heterocycles. The number of nitrogens with zero attached hydrogens (tertiary/aromatic N) is 1. The molecule has 0 saturated carbocycles. The fourth-order valence-corrected chi connectivity index (χ4v) is 2.77. The summed E-state index contributed by atoms with van der Waals surface area (Å²) >= 11 is 4.86. The molecule has 0 saturated heterocycles. The lowest BCUT2D eigenvalue weighted by Crippen LogP contribution is -2.19. The van der Waals surface area contributed by atoms with Crippen LogP contribution in [-0.4, -0.2) is 25.0 Å². The molecular formula is C16H15BrN2O2S. The van der Waals surface area contributed by atoms with Gasteiger partial charge in [0, 0.05) is 14.9 Å². The number of carbonyl (C=O) groups excluding carboxylic acids is 1. The molecule has 0 aliphatic carbocycles. The predicted molar refractivity (Wildman–Crippen MR) is 93.6 cm³/mol. The summed E-state index contributed by atoms with van der Waals surface area (Å²) in [6.07, 6.45) is 1.56. The number of carbonyl (C=O) groups is 1. The van der Waals surface area contributed by atoms with E-state index in [9.17, 15) is 4.79 Å². The fourth-order valence-electron chi connectivity index (χ4n) is 1.68. The summed E-state index contributed by atoms with van der Waals surface area (Å²) in [5, 5.41) is 3.96. The largest absolute Gasteiger partial charge is 0.496 e. The number of hydrazone groups is 1. The first kappa shape index (κ1) is 16.6. The van der Waals surface area contributed by atoms with Gasteiger partial charge in [-0.15, -0.1) is 11.8 Å². The summed E-state index contributed by atoms with van der Waals surface area (Å²) < 4.78 is 6.15. The highest BCUT2D eigenvalue weighted by Crippen LogP contribution is 2.21. The lowest BCUT2D eigenvalue weighted by atomic mass is 10.2. The van der Waals surface area contributed by atoms with E-state index in [-0.39, 0.29) is 5.91 Å². The Morgan fingerprint density at radius 2 is 2.09 bits per heavy atom. The number of nitrogens with one attached hydrogen (secondary N) is 1. The molecule has 6 heteroatoms. The highest BCUT2D eigenvalue weighted by molar-refractivity contribution is 9.10. The summed E-state index contributed by atoms with van der Waals surface area (Å²) in [5.74, 6) is 0.857. The van der Waals surface area contributed by atoms with Crippen molar-refractivity contribution in [3.05, 3.63) is 58.6 Å². The van der Waals surface area contributed by atoms with Crippen LogP contribution >= 0.6 is 27.7 Å². The second-order valence-corrected chi connectivity index (χ2v) is 6.25. The average molecular weight is 379 g/mol. The quantitative estimate of drug-likeness (QED) is 0.473. The van der Waals surface area contributed by atoms with Gasteiger partial charge in [-0.1, -0.05) is 34.1 Å². The predicted octanol–water partition coefficient (Wildman–Crippen LogP) is 3.70. The number of thioether (sulfide) groups is 1. The highest BCUT2D eigenvalue weighted by atomic mass is 79.9. The molecule has 2 aromatic rings. The van der Waals surface area contributed by atoms with Crippen LogP contribution in [0.5, 0.6) is 5.75 Å². The number of hydrogen-bond acceptors (Lipinski definition) is 4. The first-order chi connectivity index (χ1) is 10.7. The van der Waals surface area contributed by atoms with E-state index in [0.717, 1.165) is 14.9 Å². The monoisotopic (exact) mass is 378 g/mol. The second kappa shape index (κ2) is 8.60. The third kappa shape index (κ3) is 5.20. The van der Waals surface area contributed by atoms with Gasteiger partial charge in [-0.2, -0.15) is 5.10 Å². The SMILES string of the molecule is COc1ccc(Br)cc1/C=N/NC(=O)CSc1ccccc1. The van der Waals surface area contributed by atoms with Crippen molar-refractivity contribution in [1.82, 2.24) is 5.43 Å². The van der Waals surface area contributed by atoms with Gasteiger partial charge in [0.15, 0.2) is 0 Å². The number of rotatable bonds is 6. The van der Waals surface area contributed by atoms with Crippen LogP contribution in [0.4, 0.5) is 0 Å². The van der Waals surface area contributed by atoms with E-state index in [2.05, 4.69) is 26.5 Å². The molecule has 0 fully saturated rings. The Morgan fingerprint density at radius 1 is 1.32 bits per heavy atom. The summed E-state index contributed by atoms with van der Waals surface area (Å²) in [6.45, 7) is 0. The number of halogens is 1. The van der Waals surface area contributed by atoms with Crippen molar-refractivity contribution in [2.75, 3.05) is 12.9 Å². The summed E-state index contributed by atoms with van der Waals surface area (Å²) in [7, 11) is 1.59. The number of hydrogen-bond donors (Lipinski definition) is 1. The normalized spacial score (nSPS) is 10.6. The van der Waals surface area contributed by atoms with Crippen molar-refractivity contribution in [3.8, 4) is 5.75 Å². The maximum atomic E-state index is 11.7. The third-order valence-electron chi connectivity index (χ3n) is 2.70. The van der Waals surface area contributed by atoms with Crippen LogP contribution in [0, 0.1) is 0 Å². The number of ether oxygens (including phenoxy) is 1. The smallest absolute Gasteiger partial charge is 0.250 e. The second-order valence-electron chi connectivity index (χ2n) is 4.28. The summed E-state index contributed by atoms with van der Waals surface area (Å²) in [6, 6.07) is 15.3. The van der Waals surface area contributed by atoms with Crippen LogP contribution in [0.25, 0.3) is 0 Å². The molecular weight excluding hydrogens is 364 g/mol. The van der Waals surface area contributed by atoms with Gasteiger partial charge in [-0.25, -0.2) is 5.43 Å². The van der Waals surface area contributed by atoms with E-state index in [4.69, 9.17) is 4.74 Å². The van der Waals surface area contributed by atoms with Crippen LogP contribution in [0.2, 0.25) is 0 Å². The fraction of sp³-hybridized carbons (Fsp3) is 0.125. The van der Waals surface area contributed by atoms with Gasteiger partial charge in [-0.3, -0.25) is 4.79 Å². The Hall–Kier alpha value is -1.79. The highest BCUT2D eigenvalue weighted by Gasteiger charge is 2.03. The van der Waals surface area contributed by atoms with E-state index in [0.29, 0.717) is 11.5 Å². The van der Waals surface area contributed by atoms with Gasteiger partial charge in [0.05, 0.1) is 19.1 Å². The van der Waals surface area contributed by atoms with Crippen molar-refractivity contribution >= 4 is 39.8 Å². The molecule has 0 aliphatic rings. The van der Waals surface area contributed by atoms with Crippen molar-refractivity contribution in [3.63, 3.8) is 0 Å². The molecule has 1 amide bonds. The first-order valence-electron chi connectivity index (χ1n) is 6.52. The Bertz CT molecular complexity index is 662. The van der Waals surface area contributed by atoms with Gasteiger partial charge in [0.25, 0.3) is 0 Å². The van der Waals surface area contributed by atoms with E-state index < -0.39 is 0 Å². The zero-order valence-electron chi connectivity index (χ0n) is 12.0. The van der Waals surface area contributed by atoms with E-state index in [1.807, 2.05) is 48.5 Å². The molecule has 114 valence electrons. The molecule has 0 spiro atoms. The van der Waals surface area contributed by atoms with Crippen LogP contribution in [-0.2, 0) is 4.79 Å². The van der Waals surface area contributed by atoms with E-state index >= 15 is 0 Å². The van der Waals surface area contributed by atoms with Crippen LogP contribution < -0.4 is 10.2 Å².